The Morgan fingerprint density at radius 2 is 1.84 bits per heavy atom. The molecule has 0 aliphatic carbocycles. The minimum Gasteiger partial charge on any atom is -0.481 e. The Kier molecular flexibility index (Phi) is 3.21. The molecular weight excluding hydrogens is 238 g/mol. The molecule has 0 fully saturated rings. The summed E-state index contributed by atoms with van der Waals surface area (Å²) in [4.78, 5) is 0. The van der Waals surface area contributed by atoms with Gasteiger partial charge in [0.15, 0.2) is 6.10 Å². The van der Waals surface area contributed by atoms with E-state index < -0.39 is 0 Å². The molecule has 3 nitrogen and oxygen atoms in total. The average molecular weight is 253 g/mol. The third-order valence-electron chi connectivity index (χ3n) is 3.07. The van der Waals surface area contributed by atoms with Crippen LogP contribution < -0.4 is 10.5 Å². The highest BCUT2D eigenvalue weighted by Gasteiger charge is 2.14. The van der Waals surface area contributed by atoms with Crippen molar-refractivity contribution in [2.75, 3.05) is 6.54 Å². The zero-order chi connectivity index (χ0) is 13.1. The van der Waals surface area contributed by atoms with Crippen LogP contribution >= 0.6 is 0 Å². The second-order valence-electron chi connectivity index (χ2n) is 4.37. The number of nitrogens with two attached hydrogens (primary N) is 1. The molecule has 1 atom stereocenters. The first-order valence-electron chi connectivity index (χ1n) is 6.26. The number of hydrogen-bond donors (Lipinski definition) is 1. The molecule has 0 spiro atoms. The summed E-state index contributed by atoms with van der Waals surface area (Å²) in [5.41, 5.74) is 5.74. The minimum absolute atomic E-state index is 0.254. The fourth-order valence-corrected chi connectivity index (χ4v) is 2.10. The first-order chi connectivity index (χ1) is 9.36. The van der Waals surface area contributed by atoms with Crippen LogP contribution in [0.25, 0.3) is 10.8 Å². The third kappa shape index (κ3) is 2.46. The Morgan fingerprint density at radius 3 is 2.58 bits per heavy atom. The maximum absolute atomic E-state index is 5.90. The van der Waals surface area contributed by atoms with E-state index in [2.05, 4.69) is 12.1 Å². The summed E-state index contributed by atoms with van der Waals surface area (Å²) in [5, 5.41) is 2.34. The number of benzene rings is 2. The van der Waals surface area contributed by atoms with Gasteiger partial charge in [0.25, 0.3) is 0 Å². The van der Waals surface area contributed by atoms with E-state index in [0.717, 1.165) is 16.9 Å². The van der Waals surface area contributed by atoms with Crippen LogP contribution in [-0.4, -0.2) is 6.54 Å². The van der Waals surface area contributed by atoms with E-state index in [4.69, 9.17) is 14.9 Å². The van der Waals surface area contributed by atoms with Crippen LogP contribution in [0.2, 0.25) is 0 Å². The number of hydrogen-bond acceptors (Lipinski definition) is 3. The normalized spacial score (nSPS) is 12.5. The van der Waals surface area contributed by atoms with Crippen molar-refractivity contribution in [1.29, 1.82) is 0 Å². The van der Waals surface area contributed by atoms with Crippen LogP contribution in [0.1, 0.15) is 11.9 Å². The van der Waals surface area contributed by atoms with Crippen molar-refractivity contribution in [3.63, 3.8) is 0 Å². The molecule has 3 rings (SSSR count). The summed E-state index contributed by atoms with van der Waals surface area (Å²) in [6.07, 6.45) is 1.37. The molecule has 0 aliphatic heterocycles. The molecule has 0 radical (unpaired) electrons. The first kappa shape index (κ1) is 11.8. The summed E-state index contributed by atoms with van der Waals surface area (Å²) >= 11 is 0. The van der Waals surface area contributed by atoms with Crippen molar-refractivity contribution < 1.29 is 9.15 Å². The maximum Gasteiger partial charge on any atom is 0.168 e. The molecule has 3 aromatic rings. The summed E-state index contributed by atoms with van der Waals surface area (Å²) < 4.78 is 11.2. The molecule has 19 heavy (non-hydrogen) atoms. The van der Waals surface area contributed by atoms with Gasteiger partial charge in [-0.1, -0.05) is 30.3 Å². The lowest BCUT2D eigenvalue weighted by atomic mass is 10.1. The van der Waals surface area contributed by atoms with E-state index in [-0.39, 0.29) is 6.10 Å². The largest absolute Gasteiger partial charge is 0.481 e. The molecule has 0 saturated carbocycles. The summed E-state index contributed by atoms with van der Waals surface area (Å²) in [5.74, 6) is 1.54. The molecule has 0 aliphatic rings. The van der Waals surface area contributed by atoms with Crippen LogP contribution in [0.15, 0.2) is 65.3 Å². The molecule has 0 saturated heterocycles. The molecular formula is C16H15NO2. The lowest BCUT2D eigenvalue weighted by molar-refractivity contribution is 0.184. The zero-order valence-corrected chi connectivity index (χ0v) is 10.5. The van der Waals surface area contributed by atoms with Crippen LogP contribution in [0.3, 0.4) is 0 Å². The van der Waals surface area contributed by atoms with Crippen molar-refractivity contribution in [3.8, 4) is 5.75 Å². The van der Waals surface area contributed by atoms with E-state index in [1.54, 1.807) is 6.26 Å². The van der Waals surface area contributed by atoms with Crippen molar-refractivity contribution in [2.24, 2.45) is 5.73 Å². The van der Waals surface area contributed by atoms with Gasteiger partial charge in [-0.05, 0) is 35.0 Å². The summed E-state index contributed by atoms with van der Waals surface area (Å²) in [6, 6.07) is 17.9. The van der Waals surface area contributed by atoms with Gasteiger partial charge in [0.2, 0.25) is 0 Å². The van der Waals surface area contributed by atoms with Gasteiger partial charge in [0.05, 0.1) is 6.26 Å². The van der Waals surface area contributed by atoms with Crippen LogP contribution in [0, 0.1) is 0 Å². The van der Waals surface area contributed by atoms with Crippen molar-refractivity contribution >= 4 is 10.8 Å². The number of ether oxygens (including phenoxy) is 1. The van der Waals surface area contributed by atoms with Crippen molar-refractivity contribution in [3.05, 3.63) is 66.6 Å². The monoisotopic (exact) mass is 253 g/mol. The molecule has 2 N–H and O–H groups in total. The van der Waals surface area contributed by atoms with Gasteiger partial charge in [-0.2, -0.15) is 0 Å². The number of furan rings is 1. The molecule has 0 bridgehead atoms. The van der Waals surface area contributed by atoms with E-state index in [1.165, 1.54) is 5.39 Å². The maximum atomic E-state index is 5.90. The molecule has 1 heterocycles. The molecule has 2 aromatic carbocycles. The SMILES string of the molecule is NCC(Oc1ccc2ccccc2c1)c1ccco1. The van der Waals surface area contributed by atoms with Crippen molar-refractivity contribution in [1.82, 2.24) is 0 Å². The lowest BCUT2D eigenvalue weighted by Crippen LogP contribution is -2.17. The van der Waals surface area contributed by atoms with Crippen LogP contribution in [0.4, 0.5) is 0 Å². The minimum atomic E-state index is -0.254. The van der Waals surface area contributed by atoms with Gasteiger partial charge in [-0.3, -0.25) is 0 Å². The van der Waals surface area contributed by atoms with Crippen LogP contribution in [0.5, 0.6) is 5.75 Å². The van der Waals surface area contributed by atoms with Crippen LogP contribution in [-0.2, 0) is 0 Å². The molecule has 1 unspecified atom stereocenters. The van der Waals surface area contributed by atoms with E-state index >= 15 is 0 Å². The Bertz CT molecular complexity index is 661. The Labute approximate surface area is 111 Å². The topological polar surface area (TPSA) is 48.4 Å². The highest BCUT2D eigenvalue weighted by atomic mass is 16.5. The smallest absolute Gasteiger partial charge is 0.168 e. The zero-order valence-electron chi connectivity index (χ0n) is 10.5. The fourth-order valence-electron chi connectivity index (χ4n) is 2.10. The third-order valence-corrected chi connectivity index (χ3v) is 3.07. The van der Waals surface area contributed by atoms with E-state index in [9.17, 15) is 0 Å². The highest BCUT2D eigenvalue weighted by Crippen LogP contribution is 2.25. The Morgan fingerprint density at radius 1 is 1.00 bits per heavy atom. The average Bonchev–Trinajstić information content (AvgIpc) is 2.98. The first-order valence-corrected chi connectivity index (χ1v) is 6.26. The highest BCUT2D eigenvalue weighted by molar-refractivity contribution is 5.83. The second-order valence-corrected chi connectivity index (χ2v) is 4.37. The molecule has 0 amide bonds. The predicted octanol–water partition coefficient (Wildman–Crippen LogP) is 3.51. The van der Waals surface area contributed by atoms with Gasteiger partial charge in [-0.25, -0.2) is 0 Å². The summed E-state index contributed by atoms with van der Waals surface area (Å²) in [6.45, 7) is 0.375. The van der Waals surface area contributed by atoms with Crippen molar-refractivity contribution in [2.45, 2.75) is 6.10 Å². The van der Waals surface area contributed by atoms with Gasteiger partial charge in [0.1, 0.15) is 11.5 Å². The molecule has 1 aromatic heterocycles. The Hall–Kier alpha value is -2.26. The lowest BCUT2D eigenvalue weighted by Gasteiger charge is -2.15. The van der Waals surface area contributed by atoms with Gasteiger partial charge >= 0.3 is 0 Å². The predicted molar refractivity (Wildman–Crippen MR) is 75.1 cm³/mol. The van der Waals surface area contributed by atoms with Gasteiger partial charge in [0, 0.05) is 6.54 Å². The molecule has 3 heteroatoms. The number of rotatable bonds is 4. The molecule has 96 valence electrons. The standard InChI is InChI=1S/C16H15NO2/c17-11-16(15-6-3-9-18-15)19-14-8-7-12-4-1-2-5-13(12)10-14/h1-10,16H,11,17H2. The fraction of sp³-hybridized carbons (Fsp3) is 0.125. The summed E-state index contributed by atoms with van der Waals surface area (Å²) in [7, 11) is 0. The van der Waals surface area contributed by atoms with E-state index in [1.807, 2.05) is 42.5 Å². The quantitative estimate of drug-likeness (QED) is 0.774. The second kappa shape index (κ2) is 5.16. The van der Waals surface area contributed by atoms with Gasteiger partial charge < -0.3 is 14.9 Å². The Balaban J connectivity index is 1.88. The van der Waals surface area contributed by atoms with E-state index in [0.29, 0.717) is 6.54 Å². The van der Waals surface area contributed by atoms with Gasteiger partial charge in [-0.15, -0.1) is 0 Å². The number of fused-ring (bicyclic) bond motifs is 1.